The number of morpholine rings is 1. The van der Waals surface area contributed by atoms with Crippen LogP contribution >= 0.6 is 0 Å². The second-order valence-corrected chi connectivity index (χ2v) is 11.3. The number of aromatic amines is 1. The summed E-state index contributed by atoms with van der Waals surface area (Å²) in [5.41, 5.74) is -2.53. The summed E-state index contributed by atoms with van der Waals surface area (Å²) in [6.07, 6.45) is -4.85. The van der Waals surface area contributed by atoms with Gasteiger partial charge in [0.1, 0.15) is 12.4 Å². The number of alkyl halides is 3. The second-order valence-electron chi connectivity index (χ2n) is 11.3. The number of halogens is 3. The number of aromatic nitrogens is 2. The van der Waals surface area contributed by atoms with Crippen molar-refractivity contribution in [3.8, 4) is 5.75 Å². The maximum atomic E-state index is 14.2. The van der Waals surface area contributed by atoms with E-state index in [0.29, 0.717) is 25.6 Å². The molecule has 1 aromatic carbocycles. The van der Waals surface area contributed by atoms with Crippen molar-refractivity contribution in [2.45, 2.75) is 45.3 Å². The third-order valence-electron chi connectivity index (χ3n) is 7.18. The summed E-state index contributed by atoms with van der Waals surface area (Å²) in [7, 11) is 1.35. The first-order valence-corrected chi connectivity index (χ1v) is 13.9. The van der Waals surface area contributed by atoms with Crippen LogP contribution < -0.4 is 10.1 Å². The van der Waals surface area contributed by atoms with Gasteiger partial charge < -0.3 is 24.4 Å². The zero-order valence-electron chi connectivity index (χ0n) is 24.6. The second kappa shape index (κ2) is 12.8. The number of rotatable bonds is 9. The van der Waals surface area contributed by atoms with Crippen LogP contribution in [0.25, 0.3) is 5.57 Å². The summed E-state index contributed by atoms with van der Waals surface area (Å²) in [5.74, 6) is -0.669. The summed E-state index contributed by atoms with van der Waals surface area (Å²) in [6, 6.07) is 6.18. The van der Waals surface area contributed by atoms with Crippen molar-refractivity contribution in [2.24, 2.45) is 0 Å². The molecule has 0 atom stereocenters. The topological polar surface area (TPSA) is 109 Å². The van der Waals surface area contributed by atoms with Gasteiger partial charge >= 0.3 is 6.18 Å². The van der Waals surface area contributed by atoms with Crippen LogP contribution in [-0.2, 0) is 25.9 Å². The fourth-order valence-electron chi connectivity index (χ4n) is 5.16. The molecule has 0 spiro atoms. The number of nitrogens with zero attached hydrogens (tertiary/aromatic N) is 3. The number of nitrogens with one attached hydrogen (secondary N) is 2. The Morgan fingerprint density at radius 2 is 1.83 bits per heavy atom. The smallest absolute Gasteiger partial charge is 0.435 e. The Balaban J connectivity index is 1.70. The fourth-order valence-corrected chi connectivity index (χ4v) is 5.16. The number of H-pyrrole nitrogens is 1. The molecule has 4 rings (SSSR count). The van der Waals surface area contributed by atoms with E-state index < -0.39 is 29.1 Å². The molecular weight excluding hydrogens is 555 g/mol. The highest BCUT2D eigenvalue weighted by Crippen LogP contribution is 2.43. The van der Waals surface area contributed by atoms with Gasteiger partial charge in [0.05, 0.1) is 36.8 Å². The van der Waals surface area contributed by atoms with Crippen molar-refractivity contribution in [2.75, 3.05) is 59.7 Å². The van der Waals surface area contributed by atoms with Gasteiger partial charge in [-0.05, 0) is 38.1 Å². The van der Waals surface area contributed by atoms with Crippen LogP contribution in [0.1, 0.15) is 55.0 Å². The van der Waals surface area contributed by atoms with Gasteiger partial charge in [0.2, 0.25) is 0 Å². The van der Waals surface area contributed by atoms with Crippen molar-refractivity contribution >= 4 is 17.4 Å². The van der Waals surface area contributed by atoms with Crippen LogP contribution in [0.2, 0.25) is 0 Å². The Kier molecular flexibility index (Phi) is 9.63. The number of hydrogen-bond donors (Lipinski definition) is 2. The summed E-state index contributed by atoms with van der Waals surface area (Å²) in [4.78, 5) is 31.1. The summed E-state index contributed by atoms with van der Waals surface area (Å²) in [5, 5.41) is 8.79. The molecule has 1 saturated heterocycles. The number of benzene rings is 1. The monoisotopic (exact) mass is 593 g/mol. The van der Waals surface area contributed by atoms with E-state index in [2.05, 4.69) is 20.4 Å². The summed E-state index contributed by atoms with van der Waals surface area (Å²) < 4.78 is 59.1. The van der Waals surface area contributed by atoms with Gasteiger partial charge in [0.15, 0.2) is 5.69 Å². The van der Waals surface area contributed by atoms with Gasteiger partial charge in [-0.15, -0.1) is 0 Å². The van der Waals surface area contributed by atoms with Crippen molar-refractivity contribution in [1.29, 1.82) is 0 Å². The Labute approximate surface area is 243 Å². The van der Waals surface area contributed by atoms with Crippen molar-refractivity contribution in [3.05, 3.63) is 52.5 Å². The first-order valence-electron chi connectivity index (χ1n) is 13.9. The van der Waals surface area contributed by atoms with Gasteiger partial charge in [0.25, 0.3) is 11.8 Å². The molecule has 42 heavy (non-hydrogen) atoms. The van der Waals surface area contributed by atoms with Gasteiger partial charge in [-0.3, -0.25) is 19.6 Å². The average Bonchev–Trinajstić information content (AvgIpc) is 3.35. The largest absolute Gasteiger partial charge is 0.492 e. The lowest BCUT2D eigenvalue weighted by Gasteiger charge is -2.32. The van der Waals surface area contributed by atoms with E-state index in [9.17, 15) is 22.8 Å². The Bertz CT molecular complexity index is 1300. The van der Waals surface area contributed by atoms with Gasteiger partial charge in [-0.25, -0.2) is 0 Å². The molecule has 0 unspecified atom stereocenters. The maximum absolute atomic E-state index is 14.2. The van der Waals surface area contributed by atoms with Gasteiger partial charge in [-0.2, -0.15) is 18.3 Å². The molecule has 13 heteroatoms. The number of hydrogen-bond acceptors (Lipinski definition) is 7. The predicted molar refractivity (Wildman–Crippen MR) is 149 cm³/mol. The van der Waals surface area contributed by atoms with Crippen molar-refractivity contribution in [3.63, 3.8) is 0 Å². The molecule has 0 bridgehead atoms. The average molecular weight is 594 g/mol. The molecule has 2 aliphatic rings. The lowest BCUT2D eigenvalue weighted by atomic mass is 9.84. The normalized spacial score (nSPS) is 17.7. The van der Waals surface area contributed by atoms with E-state index in [4.69, 9.17) is 14.2 Å². The molecule has 2 aromatic rings. The van der Waals surface area contributed by atoms with E-state index in [0.717, 1.165) is 19.6 Å². The fraction of sp³-hybridized carbons (Fsp3) is 0.552. The SMILES string of the molecule is COCC1=C(C(=O)NC(C)C)c2c(C(F)(F)F)n[nH]c2C(C)(C)CN1C(=O)c1ccc(OCCN2CCOCC2)cc1. The van der Waals surface area contributed by atoms with Crippen LogP contribution in [-0.4, -0.2) is 97.6 Å². The summed E-state index contributed by atoms with van der Waals surface area (Å²) in [6.45, 7) is 10.8. The van der Waals surface area contributed by atoms with Crippen molar-refractivity contribution in [1.82, 2.24) is 25.3 Å². The number of carbonyl (C=O) groups excluding carboxylic acids is 2. The lowest BCUT2D eigenvalue weighted by Crippen LogP contribution is -2.41. The molecule has 0 radical (unpaired) electrons. The molecule has 1 fully saturated rings. The first-order chi connectivity index (χ1) is 19.8. The standard InChI is InChI=1S/C29H38F3N5O5/c1-18(2)33-26(38)22-21(16-40-5)37(17-28(3,4)24-23(22)25(35-34-24)29(30,31)32)27(39)19-6-8-20(9-7-19)42-15-12-36-10-13-41-14-11-36/h6-9,18H,10-17H2,1-5H3,(H,33,38)(H,34,35). The predicted octanol–water partition coefficient (Wildman–Crippen LogP) is 3.46. The zero-order chi connectivity index (χ0) is 30.7. The molecule has 2 amide bonds. The number of fused-ring (bicyclic) bond motifs is 1. The van der Waals surface area contributed by atoms with E-state index in [1.807, 2.05) is 0 Å². The minimum absolute atomic E-state index is 0.0187. The van der Waals surface area contributed by atoms with E-state index >= 15 is 0 Å². The lowest BCUT2D eigenvalue weighted by molar-refractivity contribution is -0.141. The van der Waals surface area contributed by atoms with Crippen molar-refractivity contribution < 1.29 is 37.0 Å². The van der Waals surface area contributed by atoms with Gasteiger partial charge in [0, 0.05) is 55.9 Å². The zero-order valence-corrected chi connectivity index (χ0v) is 24.6. The molecule has 3 heterocycles. The van der Waals surface area contributed by atoms with E-state index in [1.54, 1.807) is 52.0 Å². The minimum atomic E-state index is -4.85. The van der Waals surface area contributed by atoms with Crippen LogP contribution in [0, 0.1) is 0 Å². The van der Waals surface area contributed by atoms with Crippen LogP contribution in [0.15, 0.2) is 30.0 Å². The number of amides is 2. The Hall–Kier alpha value is -3.42. The third-order valence-corrected chi connectivity index (χ3v) is 7.18. The number of methoxy groups -OCH3 is 1. The molecule has 230 valence electrons. The van der Waals surface area contributed by atoms with Crippen LogP contribution in [0.4, 0.5) is 13.2 Å². The third kappa shape index (κ3) is 6.96. The molecule has 10 nitrogen and oxygen atoms in total. The number of ether oxygens (including phenoxy) is 3. The minimum Gasteiger partial charge on any atom is -0.492 e. The van der Waals surface area contributed by atoms with E-state index in [1.165, 1.54) is 12.0 Å². The summed E-state index contributed by atoms with van der Waals surface area (Å²) >= 11 is 0. The highest BCUT2D eigenvalue weighted by atomic mass is 19.4. The molecule has 1 aromatic heterocycles. The van der Waals surface area contributed by atoms with Gasteiger partial charge in [-0.1, -0.05) is 13.8 Å². The van der Waals surface area contributed by atoms with Crippen LogP contribution in [0.3, 0.4) is 0 Å². The maximum Gasteiger partial charge on any atom is 0.435 e. The number of carbonyl (C=O) groups is 2. The molecule has 2 aliphatic heterocycles. The van der Waals surface area contributed by atoms with Crippen LogP contribution in [0.5, 0.6) is 5.75 Å². The Morgan fingerprint density at radius 1 is 1.17 bits per heavy atom. The molecule has 0 aliphatic carbocycles. The first kappa shape index (κ1) is 31.5. The molecule has 0 saturated carbocycles. The molecular formula is C29H38F3N5O5. The van der Waals surface area contributed by atoms with E-state index in [-0.39, 0.29) is 47.3 Å². The highest BCUT2D eigenvalue weighted by molar-refractivity contribution is 6.22. The molecule has 2 N–H and O–H groups in total. The quantitative estimate of drug-likeness (QED) is 0.459. The highest BCUT2D eigenvalue weighted by Gasteiger charge is 2.47. The Morgan fingerprint density at radius 3 is 2.43 bits per heavy atom.